The maximum atomic E-state index is 13.1. The van der Waals surface area contributed by atoms with Gasteiger partial charge >= 0.3 is 0 Å². The van der Waals surface area contributed by atoms with Crippen molar-refractivity contribution >= 4 is 5.91 Å². The molecule has 0 spiro atoms. The predicted octanol–water partition coefficient (Wildman–Crippen LogP) is 3.17. The lowest BCUT2D eigenvalue weighted by molar-refractivity contribution is 0.0588. The van der Waals surface area contributed by atoms with E-state index in [1.807, 2.05) is 18.2 Å². The number of piperazine rings is 1. The molecule has 3 aromatic rings. The molecule has 5 rings (SSSR count). The van der Waals surface area contributed by atoms with Crippen LogP contribution in [-0.4, -0.2) is 53.8 Å². The van der Waals surface area contributed by atoms with E-state index in [1.165, 1.54) is 12.1 Å². The van der Waals surface area contributed by atoms with Crippen molar-refractivity contribution in [2.45, 2.75) is 6.54 Å². The number of carbonyl (C=O) groups excluding carboxylic acids is 1. The molecule has 3 heterocycles. The lowest BCUT2D eigenvalue weighted by Gasteiger charge is -2.34. The van der Waals surface area contributed by atoms with E-state index in [1.54, 1.807) is 23.1 Å². The number of rotatable bonds is 4. The lowest BCUT2D eigenvalue weighted by atomic mass is 10.1. The minimum absolute atomic E-state index is 0.182. The first-order chi connectivity index (χ1) is 14.7. The topological polar surface area (TPSA) is 68.0 Å². The van der Waals surface area contributed by atoms with E-state index in [0.717, 1.165) is 36.7 Å². The average molecular weight is 409 g/mol. The van der Waals surface area contributed by atoms with Crippen molar-refractivity contribution < 1.29 is 23.2 Å². The maximum absolute atomic E-state index is 13.1. The molecule has 30 heavy (non-hydrogen) atoms. The first kappa shape index (κ1) is 18.6. The Labute approximate surface area is 172 Å². The number of hydrogen-bond acceptors (Lipinski definition) is 6. The summed E-state index contributed by atoms with van der Waals surface area (Å²) in [6.07, 6.45) is 0. The summed E-state index contributed by atoms with van der Waals surface area (Å²) in [5.41, 5.74) is 2.37. The van der Waals surface area contributed by atoms with Gasteiger partial charge in [-0.15, -0.1) is 0 Å². The van der Waals surface area contributed by atoms with Gasteiger partial charge in [0.15, 0.2) is 11.5 Å². The highest BCUT2D eigenvalue weighted by molar-refractivity contribution is 5.92. The van der Waals surface area contributed by atoms with Crippen molar-refractivity contribution in [2.24, 2.45) is 0 Å². The third-order valence-corrected chi connectivity index (χ3v) is 5.36. The molecule has 7 nitrogen and oxygen atoms in total. The Morgan fingerprint density at radius 3 is 2.53 bits per heavy atom. The number of fused-ring (bicyclic) bond motifs is 1. The number of hydrogen-bond donors (Lipinski definition) is 0. The zero-order valence-corrected chi connectivity index (χ0v) is 16.2. The average Bonchev–Trinajstić information content (AvgIpc) is 3.44. The molecule has 8 heteroatoms. The Balaban J connectivity index is 1.18. The molecule has 2 aromatic carbocycles. The van der Waals surface area contributed by atoms with Gasteiger partial charge in [-0.3, -0.25) is 9.69 Å². The van der Waals surface area contributed by atoms with Gasteiger partial charge < -0.3 is 18.9 Å². The van der Waals surface area contributed by atoms with Crippen molar-refractivity contribution in [2.75, 3.05) is 33.0 Å². The third kappa shape index (κ3) is 3.73. The van der Waals surface area contributed by atoms with Crippen LogP contribution in [0.25, 0.3) is 11.3 Å². The molecule has 2 aliphatic heterocycles. The first-order valence-electron chi connectivity index (χ1n) is 9.78. The molecule has 0 aliphatic carbocycles. The van der Waals surface area contributed by atoms with Crippen LogP contribution in [0.2, 0.25) is 0 Å². The Morgan fingerprint density at radius 1 is 0.967 bits per heavy atom. The number of amides is 1. The highest BCUT2D eigenvalue weighted by Crippen LogP contribution is 2.33. The monoisotopic (exact) mass is 409 g/mol. The number of carbonyl (C=O) groups is 1. The van der Waals surface area contributed by atoms with Crippen LogP contribution in [-0.2, 0) is 6.54 Å². The van der Waals surface area contributed by atoms with Gasteiger partial charge in [0.1, 0.15) is 11.5 Å². The molecular weight excluding hydrogens is 389 g/mol. The third-order valence-electron chi connectivity index (χ3n) is 5.36. The summed E-state index contributed by atoms with van der Waals surface area (Å²) in [7, 11) is 0. The summed E-state index contributed by atoms with van der Waals surface area (Å²) in [5.74, 6) is 1.25. The van der Waals surface area contributed by atoms with E-state index in [0.29, 0.717) is 24.3 Å². The van der Waals surface area contributed by atoms with E-state index in [-0.39, 0.29) is 24.3 Å². The highest BCUT2D eigenvalue weighted by Gasteiger charge is 2.25. The summed E-state index contributed by atoms with van der Waals surface area (Å²) >= 11 is 0. The summed E-state index contributed by atoms with van der Waals surface area (Å²) < 4.78 is 29.1. The largest absolute Gasteiger partial charge is 0.454 e. The van der Waals surface area contributed by atoms with Crippen molar-refractivity contribution in [3.63, 3.8) is 0 Å². The van der Waals surface area contributed by atoms with Crippen LogP contribution in [0, 0.1) is 5.82 Å². The summed E-state index contributed by atoms with van der Waals surface area (Å²) in [6.45, 7) is 3.80. The van der Waals surface area contributed by atoms with Crippen LogP contribution in [0.3, 0.4) is 0 Å². The van der Waals surface area contributed by atoms with Gasteiger partial charge in [-0.1, -0.05) is 11.2 Å². The van der Waals surface area contributed by atoms with E-state index in [2.05, 4.69) is 10.1 Å². The first-order valence-corrected chi connectivity index (χ1v) is 9.78. The number of ether oxygens (including phenoxy) is 2. The molecule has 0 atom stereocenters. The fourth-order valence-corrected chi connectivity index (χ4v) is 3.70. The van der Waals surface area contributed by atoms with Crippen molar-refractivity contribution in [1.82, 2.24) is 15.0 Å². The molecular formula is C22H20FN3O4. The molecule has 0 N–H and O–H groups in total. The second-order valence-corrected chi connectivity index (χ2v) is 7.34. The van der Waals surface area contributed by atoms with Gasteiger partial charge in [-0.25, -0.2) is 4.39 Å². The van der Waals surface area contributed by atoms with Crippen LogP contribution in [0.15, 0.2) is 53.1 Å². The maximum Gasteiger partial charge on any atom is 0.292 e. The normalized spacial score (nSPS) is 16.1. The smallest absolute Gasteiger partial charge is 0.292 e. The van der Waals surface area contributed by atoms with Gasteiger partial charge in [0.05, 0.1) is 0 Å². The Hall–Kier alpha value is -3.39. The summed E-state index contributed by atoms with van der Waals surface area (Å²) in [5, 5.41) is 3.95. The minimum atomic E-state index is -0.322. The highest BCUT2D eigenvalue weighted by atomic mass is 19.1. The van der Waals surface area contributed by atoms with E-state index in [4.69, 9.17) is 14.0 Å². The number of aromatic nitrogens is 1. The molecule has 1 fully saturated rings. The second kappa shape index (κ2) is 7.79. The predicted molar refractivity (Wildman–Crippen MR) is 106 cm³/mol. The van der Waals surface area contributed by atoms with Crippen molar-refractivity contribution in [3.05, 3.63) is 65.7 Å². The van der Waals surface area contributed by atoms with Gasteiger partial charge in [0, 0.05) is 44.4 Å². The molecule has 0 radical (unpaired) electrons. The van der Waals surface area contributed by atoms with Crippen LogP contribution in [0.1, 0.15) is 16.1 Å². The van der Waals surface area contributed by atoms with Crippen LogP contribution in [0.5, 0.6) is 11.5 Å². The van der Waals surface area contributed by atoms with Gasteiger partial charge in [-0.2, -0.15) is 0 Å². The lowest BCUT2D eigenvalue weighted by Crippen LogP contribution is -2.48. The molecule has 154 valence electrons. The summed E-state index contributed by atoms with van der Waals surface area (Å²) in [4.78, 5) is 16.8. The Morgan fingerprint density at radius 2 is 1.73 bits per heavy atom. The second-order valence-electron chi connectivity index (χ2n) is 7.34. The standard InChI is InChI=1S/C22H20FN3O4/c23-17-4-2-16(3-5-17)18-12-21(30-24-18)22(27)26-9-7-25(8-10-26)13-15-1-6-19-20(11-15)29-14-28-19/h1-6,11-12H,7-10,13-14H2. The summed E-state index contributed by atoms with van der Waals surface area (Å²) in [6, 6.07) is 13.5. The molecule has 0 unspecified atom stereocenters. The quantitative estimate of drug-likeness (QED) is 0.659. The molecule has 0 bridgehead atoms. The zero-order chi connectivity index (χ0) is 20.5. The SMILES string of the molecule is O=C(c1cc(-c2ccc(F)cc2)no1)N1CCN(Cc2ccc3c(c2)OCO3)CC1. The number of halogens is 1. The number of benzene rings is 2. The van der Waals surface area contributed by atoms with Crippen molar-refractivity contribution in [1.29, 1.82) is 0 Å². The zero-order valence-electron chi connectivity index (χ0n) is 16.2. The minimum Gasteiger partial charge on any atom is -0.454 e. The van der Waals surface area contributed by atoms with Crippen molar-refractivity contribution in [3.8, 4) is 22.8 Å². The fraction of sp³-hybridized carbons (Fsp3) is 0.273. The van der Waals surface area contributed by atoms with Gasteiger partial charge in [0.25, 0.3) is 5.91 Å². The molecule has 0 saturated carbocycles. The van der Waals surface area contributed by atoms with E-state index in [9.17, 15) is 9.18 Å². The van der Waals surface area contributed by atoms with Gasteiger partial charge in [-0.05, 0) is 42.0 Å². The van der Waals surface area contributed by atoms with Gasteiger partial charge in [0.2, 0.25) is 12.6 Å². The Bertz CT molecular complexity index is 1060. The molecule has 2 aliphatic rings. The van der Waals surface area contributed by atoms with Crippen LogP contribution >= 0.6 is 0 Å². The van der Waals surface area contributed by atoms with Crippen LogP contribution < -0.4 is 9.47 Å². The van der Waals surface area contributed by atoms with E-state index < -0.39 is 0 Å². The fourth-order valence-electron chi connectivity index (χ4n) is 3.70. The van der Waals surface area contributed by atoms with Crippen LogP contribution in [0.4, 0.5) is 4.39 Å². The van der Waals surface area contributed by atoms with E-state index >= 15 is 0 Å². The number of nitrogens with zero attached hydrogens (tertiary/aromatic N) is 3. The molecule has 1 amide bonds. The Kier molecular flexibility index (Phi) is 4.84. The molecule has 1 aromatic heterocycles. The molecule has 1 saturated heterocycles.